The summed E-state index contributed by atoms with van der Waals surface area (Å²) in [5, 5.41) is 2.45. The van der Waals surface area contributed by atoms with Crippen molar-refractivity contribution >= 4 is 57.1 Å². The van der Waals surface area contributed by atoms with Gasteiger partial charge in [0.05, 0.1) is 22.8 Å². The maximum atomic E-state index is 4.83. The van der Waals surface area contributed by atoms with Crippen LogP contribution in [0.25, 0.3) is 68.3 Å². The second-order valence-electron chi connectivity index (χ2n) is 8.61. The highest BCUT2D eigenvalue weighted by molar-refractivity contribution is 6.02. The molecule has 2 aliphatic rings. The van der Waals surface area contributed by atoms with Crippen molar-refractivity contribution in [1.29, 1.82) is 0 Å². The summed E-state index contributed by atoms with van der Waals surface area (Å²) in [4.78, 5) is 16.6. The molecule has 2 N–H and O–H groups in total. The fraction of sp³-hybridized carbons (Fsp3) is 0. The van der Waals surface area contributed by atoms with E-state index in [2.05, 4.69) is 101 Å². The maximum absolute atomic E-state index is 4.83. The van der Waals surface area contributed by atoms with Crippen molar-refractivity contribution in [3.8, 4) is 11.1 Å². The van der Waals surface area contributed by atoms with E-state index in [1.54, 1.807) is 0 Å². The lowest BCUT2D eigenvalue weighted by molar-refractivity contribution is 1.31. The van der Waals surface area contributed by atoms with Crippen LogP contribution in [0.1, 0.15) is 22.8 Å². The number of nitrogens with zero attached hydrogens (tertiary/aromatic N) is 2. The highest BCUT2D eigenvalue weighted by Crippen LogP contribution is 2.33. The largest absolute Gasteiger partial charge is 0.355 e. The van der Waals surface area contributed by atoms with Crippen molar-refractivity contribution in [1.82, 2.24) is 19.9 Å². The van der Waals surface area contributed by atoms with Crippen molar-refractivity contribution in [3.05, 3.63) is 108 Å². The van der Waals surface area contributed by atoms with E-state index >= 15 is 0 Å². The number of nitrogens with one attached hydrogen (secondary N) is 2. The highest BCUT2D eigenvalue weighted by Gasteiger charge is 2.09. The number of hydrogen-bond acceptors (Lipinski definition) is 2. The number of benzene rings is 2. The van der Waals surface area contributed by atoms with Crippen LogP contribution >= 0.6 is 0 Å². The summed E-state index contributed by atoms with van der Waals surface area (Å²) in [5.74, 6) is 0. The standard InChI is InChI=1S/C30H20N4/c1-2-6-27-19(4-1)5-3-7-28(27)29-17-26-16-24-11-10-22(32-24)14-20-8-9-21(31-20)15-23-12-13-25(33-23)18-30(29)34-26/h1-18,31,34H. The van der Waals surface area contributed by atoms with E-state index in [1.807, 2.05) is 18.2 Å². The van der Waals surface area contributed by atoms with Gasteiger partial charge in [-0.05, 0) is 83.1 Å². The van der Waals surface area contributed by atoms with E-state index < -0.39 is 0 Å². The molecule has 3 aromatic heterocycles. The zero-order valence-electron chi connectivity index (χ0n) is 18.3. The SMILES string of the molecule is C1=Cc2cc3cc(-c4cccc5ccccc45)c(cc4nc(cc5ccc(cc1n2)[nH]5)C=C4)[nH]3. The molecular weight excluding hydrogens is 416 g/mol. The predicted octanol–water partition coefficient (Wildman–Crippen LogP) is 7.48. The Balaban J connectivity index is 1.56. The first kappa shape index (κ1) is 18.8. The lowest BCUT2D eigenvalue weighted by Crippen LogP contribution is -1.80. The molecule has 2 aliphatic heterocycles. The van der Waals surface area contributed by atoms with Gasteiger partial charge in [0, 0.05) is 27.6 Å². The highest BCUT2D eigenvalue weighted by atomic mass is 14.8. The van der Waals surface area contributed by atoms with Crippen LogP contribution in [0.4, 0.5) is 0 Å². The molecule has 4 heteroatoms. The first-order chi connectivity index (χ1) is 16.8. The molecule has 0 fully saturated rings. The van der Waals surface area contributed by atoms with Gasteiger partial charge >= 0.3 is 0 Å². The number of fused-ring (bicyclic) bond motifs is 9. The smallest absolute Gasteiger partial charge is 0.0658 e. The fourth-order valence-corrected chi connectivity index (χ4v) is 4.70. The summed E-state index contributed by atoms with van der Waals surface area (Å²) in [7, 11) is 0. The molecule has 2 aromatic carbocycles. The van der Waals surface area contributed by atoms with Crippen LogP contribution in [0, 0.1) is 0 Å². The minimum atomic E-state index is 0.917. The van der Waals surface area contributed by atoms with Crippen LogP contribution in [0.2, 0.25) is 0 Å². The number of rotatable bonds is 1. The molecule has 5 aromatic rings. The second kappa shape index (κ2) is 7.42. The minimum absolute atomic E-state index is 0.917. The van der Waals surface area contributed by atoms with Gasteiger partial charge in [-0.2, -0.15) is 0 Å². The van der Waals surface area contributed by atoms with Crippen LogP contribution < -0.4 is 0 Å². The van der Waals surface area contributed by atoms with Crippen molar-refractivity contribution < 1.29 is 0 Å². The molecule has 0 saturated carbocycles. The summed E-state index contributed by atoms with van der Waals surface area (Å²) in [5.41, 5.74) is 10.1. The molecule has 0 spiro atoms. The molecule has 4 nitrogen and oxygen atoms in total. The van der Waals surface area contributed by atoms with Gasteiger partial charge in [-0.15, -0.1) is 0 Å². The lowest BCUT2D eigenvalue weighted by Gasteiger charge is -2.05. The number of aromatic amines is 2. The van der Waals surface area contributed by atoms with Crippen LogP contribution in [0.3, 0.4) is 0 Å². The van der Waals surface area contributed by atoms with E-state index in [0.717, 1.165) is 50.4 Å². The number of hydrogen-bond donors (Lipinski definition) is 2. The van der Waals surface area contributed by atoms with E-state index in [-0.39, 0.29) is 0 Å². The molecule has 0 saturated heterocycles. The predicted molar refractivity (Wildman–Crippen MR) is 142 cm³/mol. The van der Waals surface area contributed by atoms with Crippen molar-refractivity contribution in [3.63, 3.8) is 0 Å². The quantitative estimate of drug-likeness (QED) is 0.280. The molecule has 0 amide bonds. The van der Waals surface area contributed by atoms with Crippen LogP contribution in [-0.2, 0) is 0 Å². The Morgan fingerprint density at radius 2 is 1.09 bits per heavy atom. The average Bonchev–Trinajstić information content (AvgIpc) is 3.64. The molecular formula is C30H20N4. The fourth-order valence-electron chi connectivity index (χ4n) is 4.70. The van der Waals surface area contributed by atoms with Crippen LogP contribution in [0.5, 0.6) is 0 Å². The van der Waals surface area contributed by atoms with Gasteiger partial charge in [0.15, 0.2) is 0 Å². The Labute approximate surface area is 196 Å². The Morgan fingerprint density at radius 3 is 1.82 bits per heavy atom. The Kier molecular flexibility index (Phi) is 4.11. The van der Waals surface area contributed by atoms with Crippen LogP contribution in [-0.4, -0.2) is 19.9 Å². The Morgan fingerprint density at radius 1 is 0.471 bits per heavy atom. The van der Waals surface area contributed by atoms with Crippen LogP contribution in [0.15, 0.2) is 84.9 Å². The zero-order valence-corrected chi connectivity index (χ0v) is 18.3. The van der Waals surface area contributed by atoms with Gasteiger partial charge in [-0.1, -0.05) is 42.5 Å². The van der Waals surface area contributed by atoms with Gasteiger partial charge in [0.2, 0.25) is 0 Å². The summed E-state index contributed by atoms with van der Waals surface area (Å²) >= 11 is 0. The summed E-state index contributed by atoms with van der Waals surface area (Å²) in [6, 6.07) is 29.6. The van der Waals surface area contributed by atoms with Gasteiger partial charge < -0.3 is 9.97 Å². The Bertz CT molecular complexity index is 1810. The molecule has 5 heterocycles. The van der Waals surface area contributed by atoms with Gasteiger partial charge in [-0.3, -0.25) is 0 Å². The zero-order chi connectivity index (χ0) is 22.5. The average molecular weight is 437 g/mol. The minimum Gasteiger partial charge on any atom is -0.355 e. The molecule has 0 unspecified atom stereocenters. The molecule has 0 radical (unpaired) electrons. The topological polar surface area (TPSA) is 57.4 Å². The summed E-state index contributed by atoms with van der Waals surface area (Å²) in [6.45, 7) is 0. The van der Waals surface area contributed by atoms with E-state index in [9.17, 15) is 0 Å². The number of aromatic nitrogens is 4. The molecule has 0 atom stereocenters. The van der Waals surface area contributed by atoms with E-state index in [1.165, 1.54) is 16.3 Å². The molecule has 7 rings (SSSR count). The molecule has 160 valence electrons. The summed E-state index contributed by atoms with van der Waals surface area (Å²) in [6.07, 6.45) is 8.20. The van der Waals surface area contributed by atoms with E-state index in [4.69, 9.17) is 9.97 Å². The number of H-pyrrole nitrogens is 2. The van der Waals surface area contributed by atoms with Gasteiger partial charge in [-0.25, -0.2) is 9.97 Å². The van der Waals surface area contributed by atoms with Crippen molar-refractivity contribution in [2.75, 3.05) is 0 Å². The summed E-state index contributed by atoms with van der Waals surface area (Å²) < 4.78 is 0. The molecule has 8 bridgehead atoms. The normalized spacial score (nSPS) is 12.5. The molecule has 34 heavy (non-hydrogen) atoms. The Hall–Kier alpha value is -4.70. The third-order valence-corrected chi connectivity index (χ3v) is 6.25. The lowest BCUT2D eigenvalue weighted by atomic mass is 9.99. The second-order valence-corrected chi connectivity index (χ2v) is 8.61. The van der Waals surface area contributed by atoms with Crippen molar-refractivity contribution in [2.45, 2.75) is 0 Å². The first-order valence-corrected chi connectivity index (χ1v) is 11.3. The third kappa shape index (κ3) is 3.33. The maximum Gasteiger partial charge on any atom is 0.0658 e. The third-order valence-electron chi connectivity index (χ3n) is 6.25. The van der Waals surface area contributed by atoms with Gasteiger partial charge in [0.25, 0.3) is 0 Å². The van der Waals surface area contributed by atoms with Crippen molar-refractivity contribution in [2.24, 2.45) is 0 Å². The monoisotopic (exact) mass is 436 g/mol. The van der Waals surface area contributed by atoms with E-state index in [0.29, 0.717) is 0 Å². The van der Waals surface area contributed by atoms with Gasteiger partial charge in [0.1, 0.15) is 0 Å². The molecule has 0 aliphatic carbocycles. The first-order valence-electron chi connectivity index (χ1n) is 11.3.